The first-order valence-corrected chi connectivity index (χ1v) is 24.0. The Morgan fingerprint density at radius 1 is 0.644 bits per heavy atom. The molecular weight excluding hydrogens is 747 g/mol. The summed E-state index contributed by atoms with van der Waals surface area (Å²) in [5, 5.41) is 37.3. The maximum absolute atomic E-state index is 14.0. The first kappa shape index (κ1) is 52.4. The third kappa shape index (κ3) is 24.3. The second-order valence-corrected chi connectivity index (χ2v) is 16.9. The first-order valence-electron chi connectivity index (χ1n) is 24.0. The lowest BCUT2D eigenvalue weighted by Crippen LogP contribution is -2.69. The number of nitrogens with zero attached hydrogens (tertiary/aromatic N) is 1. The number of aliphatic hydroxyl groups is 3. The van der Waals surface area contributed by atoms with Gasteiger partial charge in [0.1, 0.15) is 37.5 Å². The van der Waals surface area contributed by atoms with Crippen LogP contribution in [-0.2, 0) is 25.7 Å². The van der Waals surface area contributed by atoms with E-state index in [1.807, 2.05) is 30.3 Å². The van der Waals surface area contributed by atoms with Crippen LogP contribution in [0.5, 0.6) is 0 Å². The zero-order valence-corrected chi connectivity index (χ0v) is 37.2. The topological polar surface area (TPSA) is 158 Å². The van der Waals surface area contributed by atoms with Gasteiger partial charge in [-0.15, -0.1) is 0 Å². The van der Waals surface area contributed by atoms with E-state index in [0.29, 0.717) is 13.0 Å². The Balaban J connectivity index is 1.92. The van der Waals surface area contributed by atoms with E-state index in [4.69, 9.17) is 9.47 Å². The zero-order valence-electron chi connectivity index (χ0n) is 37.2. The minimum absolute atomic E-state index is 0.0375. The van der Waals surface area contributed by atoms with Crippen molar-refractivity contribution in [1.29, 1.82) is 0 Å². The average molecular weight is 832 g/mol. The van der Waals surface area contributed by atoms with E-state index in [2.05, 4.69) is 24.5 Å². The van der Waals surface area contributed by atoms with Gasteiger partial charge in [-0.25, -0.2) is 4.79 Å². The molecule has 0 aliphatic carbocycles. The average Bonchev–Trinajstić information content (AvgIpc) is 3.24. The predicted octanol–water partition coefficient (Wildman–Crippen LogP) is 9.63. The molecule has 0 bridgehead atoms. The predicted molar refractivity (Wildman–Crippen MR) is 237 cm³/mol. The molecule has 1 saturated heterocycles. The molecule has 340 valence electrons. The van der Waals surface area contributed by atoms with Gasteiger partial charge < -0.3 is 40.3 Å². The fourth-order valence-electron chi connectivity index (χ4n) is 7.99. The molecule has 3 amide bonds. The SMILES string of the molecule is CCCCCCCCCCCCCCCCCC(=O)N(CCCCCCCCCCCCCC)[C@@H]1O[C@H](CO)[C@@H](O)[C@H](O)[C@H]1NC(=O)CNC(=O)OCc1ccccc1. The van der Waals surface area contributed by atoms with Gasteiger partial charge in [0.15, 0.2) is 6.23 Å². The number of hydrogen-bond acceptors (Lipinski definition) is 8. The second kappa shape index (κ2) is 34.9. The Morgan fingerprint density at radius 3 is 1.58 bits per heavy atom. The molecule has 0 spiro atoms. The second-order valence-electron chi connectivity index (χ2n) is 16.9. The molecule has 1 fully saturated rings. The highest BCUT2D eigenvalue weighted by Gasteiger charge is 2.48. The lowest BCUT2D eigenvalue weighted by atomic mass is 9.94. The quantitative estimate of drug-likeness (QED) is 0.0419. The van der Waals surface area contributed by atoms with E-state index in [1.165, 1.54) is 122 Å². The van der Waals surface area contributed by atoms with Crippen molar-refractivity contribution in [3.63, 3.8) is 0 Å². The lowest BCUT2D eigenvalue weighted by molar-refractivity contribution is -0.231. The van der Waals surface area contributed by atoms with Crippen molar-refractivity contribution < 1.29 is 39.2 Å². The van der Waals surface area contributed by atoms with Gasteiger partial charge in [0, 0.05) is 13.0 Å². The fraction of sp³-hybridized carbons (Fsp3) is 0.812. The van der Waals surface area contributed by atoms with Crippen LogP contribution < -0.4 is 10.6 Å². The van der Waals surface area contributed by atoms with Gasteiger partial charge in [-0.05, 0) is 18.4 Å². The number of hydrogen-bond donors (Lipinski definition) is 5. The van der Waals surface area contributed by atoms with Crippen molar-refractivity contribution in [2.45, 2.75) is 231 Å². The van der Waals surface area contributed by atoms with E-state index in [0.717, 1.165) is 56.9 Å². The number of unbranched alkanes of at least 4 members (excludes halogenated alkanes) is 25. The number of carbonyl (C=O) groups is 3. The Morgan fingerprint density at radius 2 is 1.10 bits per heavy atom. The molecule has 0 aromatic heterocycles. The molecule has 11 nitrogen and oxygen atoms in total. The summed E-state index contributed by atoms with van der Waals surface area (Å²) < 4.78 is 11.3. The summed E-state index contributed by atoms with van der Waals surface area (Å²) in [6.07, 6.45) is 26.8. The van der Waals surface area contributed by atoms with Gasteiger partial charge in [0.2, 0.25) is 11.8 Å². The highest BCUT2D eigenvalue weighted by Crippen LogP contribution is 2.26. The van der Waals surface area contributed by atoms with Crippen molar-refractivity contribution >= 4 is 17.9 Å². The van der Waals surface area contributed by atoms with Gasteiger partial charge >= 0.3 is 6.09 Å². The number of ether oxygens (including phenoxy) is 2. The minimum Gasteiger partial charge on any atom is -0.445 e. The summed E-state index contributed by atoms with van der Waals surface area (Å²) in [5.41, 5.74) is 0.798. The number of benzene rings is 1. The molecule has 1 aromatic carbocycles. The van der Waals surface area contributed by atoms with Crippen molar-refractivity contribution in [3.05, 3.63) is 35.9 Å². The molecule has 5 N–H and O–H groups in total. The minimum atomic E-state index is -1.53. The summed E-state index contributed by atoms with van der Waals surface area (Å²) in [6, 6.07) is 7.98. The Labute approximate surface area is 358 Å². The van der Waals surface area contributed by atoms with Crippen molar-refractivity contribution in [1.82, 2.24) is 15.5 Å². The number of rotatable bonds is 36. The molecule has 11 heteroatoms. The molecule has 1 heterocycles. The Bertz CT molecular complexity index is 1190. The van der Waals surface area contributed by atoms with E-state index < -0.39 is 55.7 Å². The molecule has 59 heavy (non-hydrogen) atoms. The number of aliphatic hydroxyl groups excluding tert-OH is 3. The standard InChI is InChI=1S/C48H85N3O8/c1-3-5-7-9-11-13-15-17-18-19-20-22-24-26-31-35-43(54)51(36-32-27-25-23-21-16-14-12-10-8-6-4-2)47-44(46(56)45(55)41(38-52)59-47)50-42(53)37-49-48(57)58-39-40-33-29-28-30-34-40/h28-30,33-34,41,44-47,52,55-56H,3-27,31-32,35-39H2,1-2H3,(H,49,57)(H,50,53)/t41-,44-,45-,46-,47-/m1/s1. The third-order valence-electron chi connectivity index (χ3n) is 11.7. The van der Waals surface area contributed by atoms with Crippen LogP contribution in [0.3, 0.4) is 0 Å². The van der Waals surface area contributed by atoms with Crippen molar-refractivity contribution in [2.24, 2.45) is 0 Å². The van der Waals surface area contributed by atoms with Crippen LogP contribution in [-0.4, -0.2) is 88.4 Å². The monoisotopic (exact) mass is 832 g/mol. The lowest BCUT2D eigenvalue weighted by Gasteiger charge is -2.47. The molecule has 2 rings (SSSR count). The third-order valence-corrected chi connectivity index (χ3v) is 11.7. The summed E-state index contributed by atoms with van der Waals surface area (Å²) in [4.78, 5) is 41.1. The molecule has 1 aromatic rings. The van der Waals surface area contributed by atoms with E-state index in [1.54, 1.807) is 4.90 Å². The molecule has 1 aliphatic rings. The largest absolute Gasteiger partial charge is 0.445 e. The summed E-state index contributed by atoms with van der Waals surface area (Å²) >= 11 is 0. The maximum Gasteiger partial charge on any atom is 0.407 e. The highest BCUT2D eigenvalue weighted by atomic mass is 16.6. The molecule has 5 atom stereocenters. The molecule has 0 saturated carbocycles. The highest BCUT2D eigenvalue weighted by molar-refractivity contribution is 5.82. The van der Waals surface area contributed by atoms with E-state index in [-0.39, 0.29) is 12.5 Å². The van der Waals surface area contributed by atoms with Crippen LogP contribution in [0.25, 0.3) is 0 Å². The molecule has 0 radical (unpaired) electrons. The molecular formula is C48H85N3O8. The number of amides is 3. The van der Waals surface area contributed by atoms with E-state index >= 15 is 0 Å². The first-order chi connectivity index (χ1) is 28.8. The van der Waals surface area contributed by atoms with Crippen LogP contribution in [0.2, 0.25) is 0 Å². The van der Waals surface area contributed by atoms with Crippen LogP contribution in [0.4, 0.5) is 4.79 Å². The molecule has 1 aliphatic heterocycles. The number of carbonyl (C=O) groups excluding carboxylic acids is 3. The summed E-state index contributed by atoms with van der Waals surface area (Å²) in [6.45, 7) is 3.88. The normalized spacial score (nSPS) is 19.0. The maximum atomic E-state index is 14.0. The number of nitrogens with one attached hydrogen (secondary N) is 2. The summed E-state index contributed by atoms with van der Waals surface area (Å²) in [5.74, 6) is -0.788. The van der Waals surface area contributed by atoms with Crippen LogP contribution >= 0.6 is 0 Å². The van der Waals surface area contributed by atoms with Gasteiger partial charge in [-0.1, -0.05) is 205 Å². The molecule has 0 unspecified atom stereocenters. The van der Waals surface area contributed by atoms with Crippen LogP contribution in [0.1, 0.15) is 199 Å². The van der Waals surface area contributed by atoms with Crippen molar-refractivity contribution in [2.75, 3.05) is 19.7 Å². The summed E-state index contributed by atoms with van der Waals surface area (Å²) in [7, 11) is 0. The smallest absolute Gasteiger partial charge is 0.407 e. The van der Waals surface area contributed by atoms with E-state index in [9.17, 15) is 29.7 Å². The van der Waals surface area contributed by atoms with Gasteiger partial charge in [-0.2, -0.15) is 0 Å². The van der Waals surface area contributed by atoms with Crippen LogP contribution in [0, 0.1) is 0 Å². The van der Waals surface area contributed by atoms with Gasteiger partial charge in [0.25, 0.3) is 0 Å². The number of alkyl carbamates (subject to hydrolysis) is 1. The van der Waals surface area contributed by atoms with Gasteiger partial charge in [-0.3, -0.25) is 9.59 Å². The fourth-order valence-corrected chi connectivity index (χ4v) is 7.99. The Kier molecular flexibility index (Phi) is 31.0. The Hall–Kier alpha value is -2.73. The van der Waals surface area contributed by atoms with Crippen LogP contribution in [0.15, 0.2) is 30.3 Å². The van der Waals surface area contributed by atoms with Crippen molar-refractivity contribution in [3.8, 4) is 0 Å². The zero-order chi connectivity index (χ0) is 42.8. The van der Waals surface area contributed by atoms with Gasteiger partial charge in [0.05, 0.1) is 6.61 Å².